The van der Waals surface area contributed by atoms with Crippen LogP contribution in [0.3, 0.4) is 0 Å². The lowest BCUT2D eigenvalue weighted by molar-refractivity contribution is 0.0954. The average molecular weight is 415 g/mol. The average Bonchev–Trinajstić information content (AvgIpc) is 3.40. The molecule has 0 saturated carbocycles. The fourth-order valence-corrected chi connectivity index (χ4v) is 4.57. The number of amides is 1. The molecule has 1 aromatic carbocycles. The highest BCUT2D eigenvalue weighted by Crippen LogP contribution is 2.33. The van der Waals surface area contributed by atoms with Crippen molar-refractivity contribution in [3.8, 4) is 17.1 Å². The quantitative estimate of drug-likeness (QED) is 0.503. The molecule has 0 aliphatic carbocycles. The number of H-pyrrole nitrogens is 1. The molecule has 0 unspecified atom stereocenters. The summed E-state index contributed by atoms with van der Waals surface area (Å²) in [6, 6.07) is 9.36. The summed E-state index contributed by atoms with van der Waals surface area (Å²) < 4.78 is 6.16. The van der Waals surface area contributed by atoms with Gasteiger partial charge in [-0.3, -0.25) is 9.89 Å². The molecule has 0 spiro atoms. The standard InChI is InChI=1S/C18H18N6O2S2/c1-24(2)18-21-17-13(28-18)8-12(27-17)16(25)19-9-14-20-15(23-22-14)10-4-6-11(26-3)7-5-10/h4-8H,9H2,1-3H3,(H,19,25)(H,20,22,23). The first-order chi connectivity index (χ1) is 13.5. The number of methoxy groups -OCH3 is 1. The molecule has 4 aromatic rings. The van der Waals surface area contributed by atoms with Crippen LogP contribution in [0.25, 0.3) is 20.9 Å². The van der Waals surface area contributed by atoms with E-state index in [1.54, 1.807) is 18.4 Å². The number of nitrogens with one attached hydrogen (secondary N) is 2. The molecular weight excluding hydrogens is 396 g/mol. The summed E-state index contributed by atoms with van der Waals surface area (Å²) in [6.45, 7) is 0.268. The largest absolute Gasteiger partial charge is 0.497 e. The fourth-order valence-electron chi connectivity index (χ4n) is 2.52. The topological polar surface area (TPSA) is 96.0 Å². The van der Waals surface area contributed by atoms with Crippen molar-refractivity contribution in [2.75, 3.05) is 26.1 Å². The Morgan fingerprint density at radius 1 is 1.21 bits per heavy atom. The monoisotopic (exact) mass is 414 g/mol. The lowest BCUT2D eigenvalue weighted by atomic mass is 10.2. The van der Waals surface area contributed by atoms with Crippen molar-refractivity contribution in [2.45, 2.75) is 6.54 Å². The van der Waals surface area contributed by atoms with Gasteiger partial charge < -0.3 is 15.0 Å². The lowest BCUT2D eigenvalue weighted by Crippen LogP contribution is -2.22. The minimum atomic E-state index is -0.149. The minimum Gasteiger partial charge on any atom is -0.497 e. The first-order valence-corrected chi connectivity index (χ1v) is 10.1. The van der Waals surface area contributed by atoms with Crippen molar-refractivity contribution < 1.29 is 9.53 Å². The summed E-state index contributed by atoms with van der Waals surface area (Å²) in [4.78, 5) is 24.9. The molecule has 2 N–H and O–H groups in total. The highest BCUT2D eigenvalue weighted by atomic mass is 32.1. The van der Waals surface area contributed by atoms with E-state index in [0.29, 0.717) is 16.5 Å². The number of rotatable bonds is 6. The Kier molecular flexibility index (Phi) is 4.97. The van der Waals surface area contributed by atoms with Crippen LogP contribution in [-0.2, 0) is 6.54 Å². The van der Waals surface area contributed by atoms with Crippen LogP contribution in [0.5, 0.6) is 5.75 Å². The second-order valence-electron chi connectivity index (χ2n) is 6.19. The van der Waals surface area contributed by atoms with Gasteiger partial charge in [-0.05, 0) is 30.3 Å². The van der Waals surface area contributed by atoms with Gasteiger partial charge in [0.2, 0.25) is 0 Å². The van der Waals surface area contributed by atoms with Crippen LogP contribution in [0.15, 0.2) is 30.3 Å². The van der Waals surface area contributed by atoms with Crippen molar-refractivity contribution >= 4 is 43.2 Å². The fraction of sp³-hybridized carbons (Fsp3) is 0.222. The third kappa shape index (κ3) is 3.69. The third-order valence-electron chi connectivity index (χ3n) is 3.98. The van der Waals surface area contributed by atoms with Gasteiger partial charge in [0, 0.05) is 19.7 Å². The van der Waals surface area contributed by atoms with Crippen LogP contribution in [0.4, 0.5) is 5.13 Å². The number of benzene rings is 1. The van der Waals surface area contributed by atoms with E-state index >= 15 is 0 Å². The number of carbonyl (C=O) groups is 1. The Labute approximate surface area is 169 Å². The normalized spacial score (nSPS) is 11.0. The van der Waals surface area contributed by atoms with Gasteiger partial charge in [0.05, 0.1) is 23.2 Å². The number of thiophene rings is 1. The van der Waals surface area contributed by atoms with Gasteiger partial charge in [-0.15, -0.1) is 11.3 Å². The molecule has 10 heteroatoms. The molecule has 3 heterocycles. The summed E-state index contributed by atoms with van der Waals surface area (Å²) in [5.41, 5.74) is 0.871. The smallest absolute Gasteiger partial charge is 0.261 e. The predicted molar refractivity (Wildman–Crippen MR) is 111 cm³/mol. The zero-order valence-electron chi connectivity index (χ0n) is 15.5. The zero-order chi connectivity index (χ0) is 19.7. The Morgan fingerprint density at radius 2 is 2.00 bits per heavy atom. The van der Waals surface area contributed by atoms with Crippen LogP contribution >= 0.6 is 22.7 Å². The highest BCUT2D eigenvalue weighted by Gasteiger charge is 2.15. The maximum absolute atomic E-state index is 12.4. The molecule has 0 radical (unpaired) electrons. The Bertz CT molecular complexity index is 1080. The summed E-state index contributed by atoms with van der Waals surface area (Å²) in [5.74, 6) is 1.79. The number of anilines is 1. The number of ether oxygens (including phenoxy) is 1. The molecule has 4 rings (SSSR count). The summed E-state index contributed by atoms with van der Waals surface area (Å²) >= 11 is 2.96. The number of hydrogen-bond donors (Lipinski definition) is 2. The van der Waals surface area contributed by atoms with Crippen LogP contribution < -0.4 is 15.0 Å². The van der Waals surface area contributed by atoms with Crippen LogP contribution in [0.2, 0.25) is 0 Å². The SMILES string of the molecule is COc1ccc(-c2n[nH]c(CNC(=O)c3cc4sc(N(C)C)nc4s3)n2)cc1. The molecule has 0 fully saturated rings. The van der Waals surface area contributed by atoms with E-state index in [1.165, 1.54) is 11.3 Å². The van der Waals surface area contributed by atoms with Crippen molar-refractivity contribution in [3.63, 3.8) is 0 Å². The lowest BCUT2D eigenvalue weighted by Gasteiger charge is -2.05. The molecule has 3 aromatic heterocycles. The Hall–Kier alpha value is -2.98. The summed E-state index contributed by atoms with van der Waals surface area (Å²) in [6.07, 6.45) is 0. The first-order valence-electron chi connectivity index (χ1n) is 8.45. The molecule has 0 saturated heterocycles. The van der Waals surface area contributed by atoms with Crippen molar-refractivity contribution in [1.82, 2.24) is 25.5 Å². The number of thiazole rings is 1. The van der Waals surface area contributed by atoms with Crippen LogP contribution in [-0.4, -0.2) is 47.3 Å². The Balaban J connectivity index is 1.40. The molecular formula is C18H18N6O2S2. The molecule has 0 aliphatic heterocycles. The van der Waals surface area contributed by atoms with Gasteiger partial charge >= 0.3 is 0 Å². The van der Waals surface area contributed by atoms with Gasteiger partial charge in [-0.25, -0.2) is 9.97 Å². The molecule has 0 aliphatic rings. The predicted octanol–water partition coefficient (Wildman–Crippen LogP) is 3.15. The first kappa shape index (κ1) is 18.4. The molecule has 0 atom stereocenters. The number of nitrogens with zero attached hydrogens (tertiary/aromatic N) is 4. The minimum absolute atomic E-state index is 0.149. The molecule has 1 amide bonds. The zero-order valence-corrected chi connectivity index (χ0v) is 17.1. The van der Waals surface area contributed by atoms with E-state index in [2.05, 4.69) is 25.5 Å². The van der Waals surface area contributed by atoms with Gasteiger partial charge in [-0.2, -0.15) is 5.10 Å². The van der Waals surface area contributed by atoms with Gasteiger partial charge in [-0.1, -0.05) is 11.3 Å². The van der Waals surface area contributed by atoms with E-state index in [4.69, 9.17) is 4.74 Å². The van der Waals surface area contributed by atoms with E-state index in [9.17, 15) is 4.79 Å². The van der Waals surface area contributed by atoms with E-state index in [-0.39, 0.29) is 12.5 Å². The molecule has 0 bridgehead atoms. The second-order valence-corrected chi connectivity index (χ2v) is 8.23. The molecule has 28 heavy (non-hydrogen) atoms. The number of aromatic amines is 1. The summed E-state index contributed by atoms with van der Waals surface area (Å²) in [5, 5.41) is 10.9. The number of aromatic nitrogens is 4. The highest BCUT2D eigenvalue weighted by molar-refractivity contribution is 7.29. The van der Waals surface area contributed by atoms with Crippen molar-refractivity contribution in [2.24, 2.45) is 0 Å². The van der Waals surface area contributed by atoms with Crippen molar-refractivity contribution in [1.29, 1.82) is 0 Å². The van der Waals surface area contributed by atoms with Gasteiger partial charge in [0.15, 0.2) is 11.0 Å². The van der Waals surface area contributed by atoms with Crippen LogP contribution in [0, 0.1) is 0 Å². The van der Waals surface area contributed by atoms with E-state index < -0.39 is 0 Å². The molecule has 8 nitrogen and oxygen atoms in total. The maximum atomic E-state index is 12.4. The summed E-state index contributed by atoms with van der Waals surface area (Å²) in [7, 11) is 5.53. The van der Waals surface area contributed by atoms with Gasteiger partial charge in [0.25, 0.3) is 5.91 Å². The number of hydrogen-bond acceptors (Lipinski definition) is 8. The van der Waals surface area contributed by atoms with E-state index in [0.717, 1.165) is 26.0 Å². The maximum Gasteiger partial charge on any atom is 0.261 e. The van der Waals surface area contributed by atoms with Gasteiger partial charge in [0.1, 0.15) is 16.4 Å². The molecule has 144 valence electrons. The van der Waals surface area contributed by atoms with Crippen LogP contribution in [0.1, 0.15) is 15.5 Å². The number of fused-ring (bicyclic) bond motifs is 1. The Morgan fingerprint density at radius 3 is 2.68 bits per heavy atom. The van der Waals surface area contributed by atoms with Crippen molar-refractivity contribution in [3.05, 3.63) is 41.0 Å². The second kappa shape index (κ2) is 7.56. The number of carbonyl (C=O) groups excluding carboxylic acids is 1. The third-order valence-corrected chi connectivity index (χ3v) is 6.31. The van der Waals surface area contributed by atoms with E-state index in [1.807, 2.05) is 49.3 Å².